The third kappa shape index (κ3) is 18.5. The molecule has 3 atom stereocenters. The summed E-state index contributed by atoms with van der Waals surface area (Å²) >= 11 is 0. The Hall–Kier alpha value is -4.46. The molecule has 1 aromatic heterocycles. The van der Waals surface area contributed by atoms with Crippen LogP contribution in [-0.2, 0) is 9.53 Å². The van der Waals surface area contributed by atoms with Crippen molar-refractivity contribution < 1.29 is 88.6 Å². The minimum atomic E-state index is -7.94. The van der Waals surface area contributed by atoms with Crippen LogP contribution in [0.1, 0.15) is 162 Å². The molecule has 0 amide bonds. The first kappa shape index (κ1) is 68.6. The van der Waals surface area contributed by atoms with Gasteiger partial charge < -0.3 is 4.74 Å². The van der Waals surface area contributed by atoms with Gasteiger partial charge >= 0.3 is 41.8 Å². The topological polar surface area (TPSA) is 39.2 Å². The number of pyridine rings is 1. The number of rotatable bonds is 17. The van der Waals surface area contributed by atoms with E-state index in [1.165, 1.54) is 70.1 Å². The Balaban J connectivity index is 0. The number of aromatic nitrogens is 1. The fraction of sp³-hybridized carbons (Fsp3) is 0.600. The summed E-state index contributed by atoms with van der Waals surface area (Å²) in [6.45, 7) is 20.6. The lowest BCUT2D eigenvalue weighted by Gasteiger charge is -2.39. The summed E-state index contributed by atoms with van der Waals surface area (Å²) in [5, 5.41) is 0. The lowest BCUT2D eigenvalue weighted by Crippen LogP contribution is -2.70. The first-order chi connectivity index (χ1) is 32.3. The van der Waals surface area contributed by atoms with E-state index in [1.54, 1.807) is 6.92 Å². The molecule has 3 nitrogen and oxygen atoms in total. The van der Waals surface area contributed by atoms with Gasteiger partial charge in [-0.3, -0.25) is 9.78 Å². The molecule has 0 aliphatic rings. The number of allylic oxidation sites excluding steroid dienone is 2. The largest absolute Gasteiger partial charge is 0.465 e. The van der Waals surface area contributed by atoms with Gasteiger partial charge in [0.15, 0.2) is 23.3 Å². The Morgan fingerprint density at radius 1 is 0.577 bits per heavy atom. The summed E-state index contributed by atoms with van der Waals surface area (Å²) < 4.78 is 236. The molecule has 1 heterocycles. The minimum absolute atomic E-state index is 0.0508. The maximum Gasteiger partial charge on any atom is 0.460 e. The summed E-state index contributed by atoms with van der Waals surface area (Å²) in [4.78, 5) is 15.4. The van der Waals surface area contributed by atoms with Gasteiger partial charge in [0.25, 0.3) is 0 Å². The summed E-state index contributed by atoms with van der Waals surface area (Å²) in [6, 6.07) is 14.8. The quantitative estimate of drug-likeness (QED) is 0.0445. The number of benzene rings is 2. The van der Waals surface area contributed by atoms with Gasteiger partial charge in [0.1, 0.15) is 0 Å². The van der Waals surface area contributed by atoms with Crippen LogP contribution in [0.15, 0.2) is 66.5 Å². The van der Waals surface area contributed by atoms with Gasteiger partial charge in [-0.1, -0.05) is 104 Å². The highest BCUT2D eigenvalue weighted by Gasteiger charge is 2.90. The number of esters is 1. The fourth-order valence-corrected chi connectivity index (χ4v) is 5.27. The van der Waals surface area contributed by atoms with Crippen molar-refractivity contribution in [3.05, 3.63) is 112 Å². The van der Waals surface area contributed by atoms with Crippen molar-refractivity contribution >= 4 is 5.97 Å². The van der Waals surface area contributed by atoms with Crippen LogP contribution in [0.2, 0.25) is 0 Å². The monoisotopic (exact) mass is 1050 g/mol. The third-order valence-electron chi connectivity index (χ3n) is 11.4. The van der Waals surface area contributed by atoms with Crippen molar-refractivity contribution in [2.75, 3.05) is 6.61 Å². The predicted octanol–water partition coefficient (Wildman–Crippen LogP) is 18.5. The van der Waals surface area contributed by atoms with E-state index in [1.807, 2.05) is 12.4 Å². The molecule has 0 aliphatic carbocycles. The van der Waals surface area contributed by atoms with Gasteiger partial charge in [-0.2, -0.15) is 57.1 Å². The zero-order valence-corrected chi connectivity index (χ0v) is 41.7. The summed E-state index contributed by atoms with van der Waals surface area (Å²) in [6.07, 6.45) is 1.10. The molecule has 3 aromatic rings. The molecule has 0 aliphatic heterocycles. The van der Waals surface area contributed by atoms with Crippen LogP contribution in [0.4, 0.5) is 79.0 Å². The molecule has 0 bridgehead atoms. The molecule has 2 aromatic carbocycles. The van der Waals surface area contributed by atoms with Crippen LogP contribution in [0.3, 0.4) is 0 Å². The highest BCUT2D eigenvalue weighted by molar-refractivity contribution is 5.75. The van der Waals surface area contributed by atoms with Crippen molar-refractivity contribution in [3.8, 4) is 0 Å². The second kappa shape index (κ2) is 29.3. The summed E-state index contributed by atoms with van der Waals surface area (Å²) in [5.74, 6) is -47.1. The van der Waals surface area contributed by atoms with Gasteiger partial charge in [-0.25, -0.2) is 22.0 Å². The average Bonchev–Trinajstić information content (AvgIpc) is 3.32. The Kier molecular flexibility index (Phi) is 28.3. The maximum atomic E-state index is 13.5. The average molecular weight is 1050 g/mol. The molecule has 3 unspecified atom stereocenters. The lowest BCUT2D eigenvalue weighted by atomic mass is 9.90. The minimum Gasteiger partial charge on any atom is -0.465 e. The highest BCUT2D eigenvalue weighted by atomic mass is 19.4. The van der Waals surface area contributed by atoms with Crippen molar-refractivity contribution in [3.63, 3.8) is 0 Å². The second-order valence-corrected chi connectivity index (χ2v) is 17.0. The van der Waals surface area contributed by atoms with E-state index >= 15 is 0 Å². The van der Waals surface area contributed by atoms with E-state index in [0.29, 0.717) is 18.3 Å². The van der Waals surface area contributed by atoms with Crippen LogP contribution < -0.4 is 0 Å². The Bertz CT molecular complexity index is 1970. The van der Waals surface area contributed by atoms with Crippen molar-refractivity contribution in [1.29, 1.82) is 0 Å². The summed E-state index contributed by atoms with van der Waals surface area (Å²) in [5.41, 5.74) is 2.27. The van der Waals surface area contributed by atoms with E-state index in [-0.39, 0.29) is 6.42 Å². The second-order valence-electron chi connectivity index (χ2n) is 17.0. The molecule has 3 rings (SSSR count). The smallest absolute Gasteiger partial charge is 0.460 e. The number of carbonyl (C=O) groups excluding carboxylic acids is 1. The van der Waals surface area contributed by atoms with Crippen LogP contribution in [0.5, 0.6) is 0 Å². The molecule has 0 saturated carbocycles. The van der Waals surface area contributed by atoms with Crippen LogP contribution in [-0.4, -0.2) is 53.3 Å². The molecule has 0 spiro atoms. The molecule has 21 heteroatoms. The molecule has 0 saturated heterocycles. The van der Waals surface area contributed by atoms with Crippen molar-refractivity contribution in [2.45, 2.75) is 182 Å². The van der Waals surface area contributed by atoms with E-state index in [9.17, 15) is 83.8 Å². The van der Waals surface area contributed by atoms with Crippen molar-refractivity contribution in [2.24, 2.45) is 5.41 Å². The van der Waals surface area contributed by atoms with Gasteiger partial charge in [-0.15, -0.1) is 0 Å². The number of alkyl halides is 13. The van der Waals surface area contributed by atoms with Gasteiger partial charge in [0.05, 0.1) is 18.4 Å². The van der Waals surface area contributed by atoms with Gasteiger partial charge in [-0.05, 0) is 100 Å². The Morgan fingerprint density at radius 2 is 0.972 bits per heavy atom. The lowest BCUT2D eigenvalue weighted by molar-refractivity contribution is -0.440. The van der Waals surface area contributed by atoms with Gasteiger partial charge in [0.2, 0.25) is 5.82 Å². The van der Waals surface area contributed by atoms with E-state index < -0.39 is 101 Å². The number of carbonyl (C=O) groups is 1. The molecule has 71 heavy (non-hydrogen) atoms. The van der Waals surface area contributed by atoms with Crippen LogP contribution >= 0.6 is 0 Å². The first-order valence-corrected chi connectivity index (χ1v) is 22.6. The molecule has 408 valence electrons. The van der Waals surface area contributed by atoms with E-state index in [4.69, 9.17) is 0 Å². The summed E-state index contributed by atoms with van der Waals surface area (Å²) in [7, 11) is 0. The maximum absolute atomic E-state index is 13.5. The Morgan fingerprint density at radius 3 is 1.32 bits per heavy atom. The fourth-order valence-electron chi connectivity index (χ4n) is 5.27. The molecular formula is C50H65F18NO2. The normalized spacial score (nSPS) is 13.9. The number of hydrogen-bond acceptors (Lipinski definition) is 3. The zero-order valence-electron chi connectivity index (χ0n) is 41.7. The predicted molar refractivity (Wildman–Crippen MR) is 238 cm³/mol. The van der Waals surface area contributed by atoms with Crippen LogP contribution in [0, 0.1) is 34.5 Å². The standard InChI is InChI=1S/C14H15F13O2.C10H9F5.C10H14.C9H13N.C7H14/c1-4-8(2,3)7(28)29-6-5-9(15,16)10(17,18)11(19,20)12(21,22)13(23,24)14(25,26)27;1-3-4(2)5-6(11)8(13)10(15)9(14)7(5)12;1-3-9(2)10-7-5-4-6-8-10;1-3-8(2)9-4-6-10-7-5-9;1-4-6-7(3)5-2/h4-6H2,1-3H3;4H,3H2,1-2H3;4-9H,3H2,1-2H3;4-8H,3H2,1-2H3;6H,4-5H2,1-3H3/b;;;;7-6-. The highest BCUT2D eigenvalue weighted by Crippen LogP contribution is 2.60. The van der Waals surface area contributed by atoms with E-state index in [2.05, 4.69) is 107 Å². The number of hydrogen-bond donors (Lipinski definition) is 0. The SMILES string of the molecule is CC/C=C(/C)CC.CCC(C)(C)C(=O)OCCC(F)(F)C(F)(F)C(F)(F)C(F)(F)C(F)(F)C(F)(F)F.CCC(C)c1c(F)c(F)c(F)c(F)c1F.CCC(C)c1ccccc1.CCC(C)c1ccncc1. The number of ether oxygens (including phenoxy) is 1. The molecule has 0 N–H and O–H groups in total. The Labute approximate surface area is 404 Å². The van der Waals surface area contributed by atoms with Crippen molar-refractivity contribution in [1.82, 2.24) is 4.98 Å². The first-order valence-electron chi connectivity index (χ1n) is 22.6. The van der Waals surface area contributed by atoms with Crippen LogP contribution in [0.25, 0.3) is 0 Å². The molecule has 0 radical (unpaired) electrons. The van der Waals surface area contributed by atoms with Gasteiger partial charge in [0, 0.05) is 18.0 Å². The third-order valence-corrected chi connectivity index (χ3v) is 11.4. The number of halogens is 18. The molecular weight excluding hydrogens is 989 g/mol. The zero-order chi connectivity index (χ0) is 56.1. The molecule has 0 fully saturated rings. The van der Waals surface area contributed by atoms with E-state index in [0.717, 1.165) is 0 Å². The number of nitrogens with zero attached hydrogens (tertiary/aromatic N) is 1.